The molecule has 0 saturated carbocycles. The Balaban J connectivity index is 1.16. The van der Waals surface area contributed by atoms with Crippen LogP contribution in [0.25, 0.3) is 99.0 Å². The Kier molecular flexibility index (Phi) is 6.78. The molecule has 0 aliphatic rings. The standard InChI is InChI=1S/C50H36O2/c1-50(2,3)49-47(41-20-11-12-23-43(41)52-49)33-26-24-32(25-27-33)45-36-16-7-9-18-38(36)46(39-19-10-8-17-37(39)45)34-28-29-44-42(30-34)40-22-13-21-35(48(40)51-44)31-14-5-4-6-15-31/h4-30H,1-3H3. The largest absolute Gasteiger partial charge is 0.460 e. The highest BCUT2D eigenvalue weighted by Crippen LogP contribution is 2.46. The van der Waals surface area contributed by atoms with Crippen LogP contribution in [0.1, 0.15) is 26.5 Å². The van der Waals surface area contributed by atoms with Crippen molar-refractivity contribution in [3.63, 3.8) is 0 Å². The van der Waals surface area contributed by atoms with Crippen LogP contribution in [0.4, 0.5) is 0 Å². The van der Waals surface area contributed by atoms with Crippen molar-refractivity contribution in [1.82, 2.24) is 0 Å². The zero-order valence-electron chi connectivity index (χ0n) is 29.4. The van der Waals surface area contributed by atoms with E-state index in [9.17, 15) is 0 Å². The van der Waals surface area contributed by atoms with Crippen LogP contribution < -0.4 is 0 Å². The molecule has 0 unspecified atom stereocenters. The number of benzene rings is 8. The fourth-order valence-electron chi connectivity index (χ4n) is 8.21. The minimum atomic E-state index is -0.134. The van der Waals surface area contributed by atoms with Crippen LogP contribution in [-0.4, -0.2) is 0 Å². The molecule has 0 amide bonds. The topological polar surface area (TPSA) is 26.3 Å². The first-order valence-electron chi connectivity index (χ1n) is 18.0. The monoisotopic (exact) mass is 668 g/mol. The molecule has 0 radical (unpaired) electrons. The molecule has 0 saturated heterocycles. The van der Waals surface area contributed by atoms with Gasteiger partial charge in [-0.1, -0.05) is 166 Å². The molecular formula is C50H36O2. The Labute approximate surface area is 302 Å². The van der Waals surface area contributed by atoms with Crippen LogP contribution in [0.15, 0.2) is 173 Å². The van der Waals surface area contributed by atoms with Gasteiger partial charge < -0.3 is 8.83 Å². The van der Waals surface area contributed by atoms with Crippen molar-refractivity contribution in [3.8, 4) is 44.5 Å². The van der Waals surface area contributed by atoms with Crippen molar-refractivity contribution in [1.29, 1.82) is 0 Å². The van der Waals surface area contributed by atoms with Gasteiger partial charge in [-0.25, -0.2) is 0 Å². The lowest BCUT2D eigenvalue weighted by Gasteiger charge is -2.19. The first-order valence-corrected chi connectivity index (χ1v) is 18.0. The molecule has 2 nitrogen and oxygen atoms in total. The number of hydrogen-bond acceptors (Lipinski definition) is 2. The van der Waals surface area contributed by atoms with Crippen LogP contribution in [-0.2, 0) is 5.41 Å². The summed E-state index contributed by atoms with van der Waals surface area (Å²) in [5.41, 5.74) is 12.1. The highest BCUT2D eigenvalue weighted by molar-refractivity contribution is 6.22. The lowest BCUT2D eigenvalue weighted by Crippen LogP contribution is -2.11. The van der Waals surface area contributed by atoms with Crippen LogP contribution in [0, 0.1) is 0 Å². The molecule has 0 fully saturated rings. The molecular weight excluding hydrogens is 633 g/mol. The van der Waals surface area contributed by atoms with E-state index in [0.29, 0.717) is 0 Å². The predicted octanol–water partition coefficient (Wildman–Crippen LogP) is 14.6. The molecule has 0 spiro atoms. The smallest absolute Gasteiger partial charge is 0.143 e. The Morgan fingerprint density at radius 1 is 0.346 bits per heavy atom. The number of furan rings is 2. The molecule has 0 bridgehead atoms. The first kappa shape index (κ1) is 30.4. The molecule has 248 valence electrons. The van der Waals surface area contributed by atoms with Gasteiger partial charge >= 0.3 is 0 Å². The fourth-order valence-corrected chi connectivity index (χ4v) is 8.21. The third-order valence-electron chi connectivity index (χ3n) is 10.5. The van der Waals surface area contributed by atoms with Gasteiger partial charge in [0.2, 0.25) is 0 Å². The van der Waals surface area contributed by atoms with Crippen LogP contribution in [0.5, 0.6) is 0 Å². The second kappa shape index (κ2) is 11.6. The quantitative estimate of drug-likeness (QED) is 0.175. The van der Waals surface area contributed by atoms with Crippen LogP contribution >= 0.6 is 0 Å². The summed E-state index contributed by atoms with van der Waals surface area (Å²) in [5.74, 6) is 1.01. The Morgan fingerprint density at radius 3 is 1.48 bits per heavy atom. The van der Waals surface area contributed by atoms with Crippen molar-refractivity contribution in [2.45, 2.75) is 26.2 Å². The fraction of sp³-hybridized carbons (Fsp3) is 0.0800. The van der Waals surface area contributed by atoms with Gasteiger partial charge in [-0.15, -0.1) is 0 Å². The number of rotatable bonds is 4. The van der Waals surface area contributed by atoms with E-state index in [0.717, 1.165) is 49.8 Å². The molecule has 0 aliphatic heterocycles. The molecule has 2 heteroatoms. The highest BCUT2D eigenvalue weighted by atomic mass is 16.3. The van der Waals surface area contributed by atoms with E-state index in [1.807, 2.05) is 6.07 Å². The summed E-state index contributed by atoms with van der Waals surface area (Å²) in [6.45, 7) is 6.66. The molecule has 2 heterocycles. The maximum Gasteiger partial charge on any atom is 0.143 e. The number of fused-ring (bicyclic) bond motifs is 6. The molecule has 0 aliphatic carbocycles. The summed E-state index contributed by atoms with van der Waals surface area (Å²) in [5, 5.41) is 8.33. The zero-order valence-corrected chi connectivity index (χ0v) is 29.4. The van der Waals surface area contributed by atoms with Gasteiger partial charge in [0.1, 0.15) is 22.5 Å². The van der Waals surface area contributed by atoms with E-state index in [1.54, 1.807) is 0 Å². The van der Waals surface area contributed by atoms with Gasteiger partial charge in [0.15, 0.2) is 0 Å². The Morgan fingerprint density at radius 2 is 0.846 bits per heavy atom. The maximum atomic E-state index is 6.56. The van der Waals surface area contributed by atoms with Crippen molar-refractivity contribution >= 4 is 54.5 Å². The summed E-state index contributed by atoms with van der Waals surface area (Å²) in [4.78, 5) is 0. The summed E-state index contributed by atoms with van der Waals surface area (Å²) in [7, 11) is 0. The van der Waals surface area contributed by atoms with E-state index in [4.69, 9.17) is 8.83 Å². The number of hydrogen-bond donors (Lipinski definition) is 0. The second-order valence-electron chi connectivity index (χ2n) is 14.8. The summed E-state index contributed by atoms with van der Waals surface area (Å²) >= 11 is 0. The lowest BCUT2D eigenvalue weighted by atomic mass is 9.84. The average Bonchev–Trinajstić information content (AvgIpc) is 3.77. The minimum absolute atomic E-state index is 0.134. The van der Waals surface area contributed by atoms with E-state index in [1.165, 1.54) is 54.9 Å². The third kappa shape index (κ3) is 4.72. The predicted molar refractivity (Wildman–Crippen MR) is 219 cm³/mol. The molecule has 0 atom stereocenters. The Hall–Kier alpha value is -6.38. The molecule has 10 aromatic rings. The molecule has 10 rings (SSSR count). The second-order valence-corrected chi connectivity index (χ2v) is 14.8. The van der Waals surface area contributed by atoms with E-state index in [-0.39, 0.29) is 5.41 Å². The lowest BCUT2D eigenvalue weighted by molar-refractivity contribution is 0.432. The van der Waals surface area contributed by atoms with Crippen molar-refractivity contribution in [2.75, 3.05) is 0 Å². The van der Waals surface area contributed by atoms with Crippen molar-refractivity contribution < 1.29 is 8.83 Å². The summed E-state index contributed by atoms with van der Waals surface area (Å²) in [6, 6.07) is 58.8. The van der Waals surface area contributed by atoms with Gasteiger partial charge in [0.05, 0.1) is 0 Å². The van der Waals surface area contributed by atoms with Gasteiger partial charge in [-0.05, 0) is 73.1 Å². The zero-order chi connectivity index (χ0) is 35.0. The Bertz CT molecular complexity index is 2910. The van der Waals surface area contributed by atoms with Crippen molar-refractivity contribution in [3.05, 3.63) is 170 Å². The molecule has 0 N–H and O–H groups in total. The van der Waals surface area contributed by atoms with Gasteiger partial charge in [0, 0.05) is 32.7 Å². The molecule has 8 aromatic carbocycles. The third-order valence-corrected chi connectivity index (χ3v) is 10.5. The summed E-state index contributed by atoms with van der Waals surface area (Å²) < 4.78 is 13.0. The van der Waals surface area contributed by atoms with E-state index < -0.39 is 0 Å². The van der Waals surface area contributed by atoms with Gasteiger partial charge in [-0.2, -0.15) is 0 Å². The van der Waals surface area contributed by atoms with E-state index >= 15 is 0 Å². The SMILES string of the molecule is CC(C)(C)c1oc2ccccc2c1-c1ccc(-c2c3ccccc3c(-c3ccc4oc5c(-c6ccccc6)cccc5c4c3)c3ccccc23)cc1. The highest BCUT2D eigenvalue weighted by Gasteiger charge is 2.26. The molecule has 2 aromatic heterocycles. The maximum absolute atomic E-state index is 6.56. The average molecular weight is 669 g/mol. The van der Waals surface area contributed by atoms with Crippen LogP contribution in [0.3, 0.4) is 0 Å². The van der Waals surface area contributed by atoms with Gasteiger partial charge in [0.25, 0.3) is 0 Å². The van der Waals surface area contributed by atoms with Gasteiger partial charge in [-0.3, -0.25) is 0 Å². The van der Waals surface area contributed by atoms with Crippen LogP contribution in [0.2, 0.25) is 0 Å². The van der Waals surface area contributed by atoms with Crippen molar-refractivity contribution in [2.24, 2.45) is 0 Å². The van der Waals surface area contributed by atoms with E-state index in [2.05, 4.69) is 178 Å². The minimum Gasteiger partial charge on any atom is -0.460 e. The summed E-state index contributed by atoms with van der Waals surface area (Å²) in [6.07, 6.45) is 0. The first-order chi connectivity index (χ1) is 25.4. The normalized spacial score (nSPS) is 12.1. The number of para-hydroxylation sites is 2. The molecule has 52 heavy (non-hydrogen) atoms.